The van der Waals surface area contributed by atoms with Crippen molar-refractivity contribution in [2.75, 3.05) is 0 Å². The van der Waals surface area contributed by atoms with Gasteiger partial charge < -0.3 is 5.11 Å². The summed E-state index contributed by atoms with van der Waals surface area (Å²) in [4.78, 5) is 15.3. The molecule has 0 unspecified atom stereocenters. The largest absolute Gasteiger partial charge is 0.477 e. The van der Waals surface area contributed by atoms with Gasteiger partial charge >= 0.3 is 5.97 Å². The summed E-state index contributed by atoms with van der Waals surface area (Å²) in [7, 11) is 0. The van der Waals surface area contributed by atoms with Crippen LogP contribution in [0, 0.1) is 6.92 Å². The average Bonchev–Trinajstić information content (AvgIpc) is 2.40. The van der Waals surface area contributed by atoms with Gasteiger partial charge in [0.1, 0.15) is 0 Å². The fraction of sp³-hybridized carbons (Fsp3) is 0.500. The van der Waals surface area contributed by atoms with Gasteiger partial charge in [0.05, 0.1) is 5.69 Å². The van der Waals surface area contributed by atoms with Crippen LogP contribution in [0.3, 0.4) is 0 Å². The molecule has 1 aromatic heterocycles. The molecule has 3 nitrogen and oxygen atoms in total. The van der Waals surface area contributed by atoms with E-state index in [9.17, 15) is 4.79 Å². The number of rotatable bonds is 1. The highest BCUT2D eigenvalue weighted by atomic mass is 16.4. The summed E-state index contributed by atoms with van der Waals surface area (Å²) in [6.07, 6.45) is 2.06. The fourth-order valence-electron chi connectivity index (χ4n) is 2.23. The van der Waals surface area contributed by atoms with Crippen molar-refractivity contribution in [1.29, 1.82) is 0 Å². The first kappa shape index (κ1) is 10.1. The quantitative estimate of drug-likeness (QED) is 0.765. The Balaban J connectivity index is 2.62. The molecule has 15 heavy (non-hydrogen) atoms. The molecular weight excluding hydrogens is 190 g/mol. The Morgan fingerprint density at radius 3 is 2.80 bits per heavy atom. The van der Waals surface area contributed by atoms with E-state index in [0.717, 1.165) is 24.1 Å². The van der Waals surface area contributed by atoms with Crippen LogP contribution in [0.15, 0.2) is 6.07 Å². The third kappa shape index (κ3) is 1.52. The Hall–Kier alpha value is -1.38. The summed E-state index contributed by atoms with van der Waals surface area (Å²) in [5, 5.41) is 9.00. The maximum atomic E-state index is 11.0. The van der Waals surface area contributed by atoms with E-state index in [4.69, 9.17) is 5.11 Å². The van der Waals surface area contributed by atoms with Crippen LogP contribution in [-0.2, 0) is 11.8 Å². The van der Waals surface area contributed by atoms with Gasteiger partial charge in [-0.1, -0.05) is 19.9 Å². The van der Waals surface area contributed by atoms with Crippen molar-refractivity contribution in [2.24, 2.45) is 0 Å². The summed E-state index contributed by atoms with van der Waals surface area (Å²) < 4.78 is 0. The molecule has 0 aliphatic heterocycles. The number of aryl methyl sites for hydroxylation is 2. The molecule has 0 radical (unpaired) electrons. The Morgan fingerprint density at radius 1 is 1.53 bits per heavy atom. The normalized spacial score (nSPS) is 17.5. The topological polar surface area (TPSA) is 50.2 Å². The first-order chi connectivity index (χ1) is 6.92. The van der Waals surface area contributed by atoms with Crippen molar-refractivity contribution < 1.29 is 9.90 Å². The zero-order valence-electron chi connectivity index (χ0n) is 9.29. The number of carboxylic acid groups (broad SMARTS) is 1. The number of pyridine rings is 1. The summed E-state index contributed by atoms with van der Waals surface area (Å²) in [5.74, 6) is -0.932. The molecule has 0 bridgehead atoms. The molecule has 1 aromatic rings. The van der Waals surface area contributed by atoms with Crippen molar-refractivity contribution in [3.05, 3.63) is 28.6 Å². The molecule has 0 fully saturated rings. The zero-order chi connectivity index (χ0) is 11.2. The molecule has 2 rings (SSSR count). The predicted molar refractivity (Wildman–Crippen MR) is 57.3 cm³/mol. The molecule has 1 N–H and O–H groups in total. The summed E-state index contributed by atoms with van der Waals surface area (Å²) >= 11 is 0. The van der Waals surface area contributed by atoms with Crippen LogP contribution >= 0.6 is 0 Å². The molecular formula is C12H15NO2. The SMILES string of the molecule is Cc1cc2c(nc1C(=O)O)C(C)(C)CC2. The average molecular weight is 205 g/mol. The van der Waals surface area contributed by atoms with Crippen LogP contribution < -0.4 is 0 Å². The van der Waals surface area contributed by atoms with Gasteiger partial charge in [0.25, 0.3) is 0 Å². The van der Waals surface area contributed by atoms with Crippen LogP contribution in [-0.4, -0.2) is 16.1 Å². The Morgan fingerprint density at radius 2 is 2.20 bits per heavy atom. The minimum atomic E-state index is -0.932. The third-order valence-electron chi connectivity index (χ3n) is 3.15. The van der Waals surface area contributed by atoms with E-state index in [1.54, 1.807) is 0 Å². The van der Waals surface area contributed by atoms with Gasteiger partial charge in [0.2, 0.25) is 0 Å². The molecule has 0 saturated carbocycles. The monoisotopic (exact) mass is 205 g/mol. The van der Waals surface area contributed by atoms with Crippen molar-refractivity contribution >= 4 is 5.97 Å². The maximum Gasteiger partial charge on any atom is 0.354 e. The third-order valence-corrected chi connectivity index (χ3v) is 3.15. The Labute approximate surface area is 89.2 Å². The molecule has 1 aliphatic carbocycles. The highest BCUT2D eigenvalue weighted by molar-refractivity contribution is 5.87. The van der Waals surface area contributed by atoms with E-state index in [0.29, 0.717) is 0 Å². The number of carboxylic acids is 1. The minimum Gasteiger partial charge on any atom is -0.477 e. The lowest BCUT2D eigenvalue weighted by molar-refractivity contribution is 0.0689. The number of aromatic nitrogens is 1. The predicted octanol–water partition coefficient (Wildman–Crippen LogP) is 2.31. The molecule has 0 atom stereocenters. The van der Waals surface area contributed by atoms with E-state index in [1.165, 1.54) is 5.56 Å². The van der Waals surface area contributed by atoms with Gasteiger partial charge in [0, 0.05) is 5.41 Å². The van der Waals surface area contributed by atoms with E-state index in [1.807, 2.05) is 13.0 Å². The van der Waals surface area contributed by atoms with Gasteiger partial charge in [-0.3, -0.25) is 0 Å². The Kier molecular flexibility index (Phi) is 2.07. The van der Waals surface area contributed by atoms with Crippen molar-refractivity contribution in [1.82, 2.24) is 4.98 Å². The van der Waals surface area contributed by atoms with Gasteiger partial charge in [-0.15, -0.1) is 0 Å². The van der Waals surface area contributed by atoms with Crippen molar-refractivity contribution in [3.63, 3.8) is 0 Å². The van der Waals surface area contributed by atoms with Crippen LogP contribution in [0.25, 0.3) is 0 Å². The number of nitrogens with zero attached hydrogens (tertiary/aromatic N) is 1. The molecule has 1 heterocycles. The smallest absolute Gasteiger partial charge is 0.354 e. The molecule has 80 valence electrons. The molecule has 0 saturated heterocycles. The van der Waals surface area contributed by atoms with Crippen LogP contribution in [0.2, 0.25) is 0 Å². The molecule has 0 aromatic carbocycles. The number of fused-ring (bicyclic) bond motifs is 1. The lowest BCUT2D eigenvalue weighted by Gasteiger charge is -2.18. The second kappa shape index (κ2) is 3.05. The van der Waals surface area contributed by atoms with Gasteiger partial charge in [-0.2, -0.15) is 0 Å². The second-order valence-electron chi connectivity index (χ2n) is 4.85. The number of carbonyl (C=O) groups is 1. The first-order valence-electron chi connectivity index (χ1n) is 5.16. The van der Waals surface area contributed by atoms with Gasteiger partial charge in [-0.05, 0) is 30.9 Å². The molecule has 1 aliphatic rings. The van der Waals surface area contributed by atoms with Crippen molar-refractivity contribution in [2.45, 2.75) is 39.0 Å². The second-order valence-corrected chi connectivity index (χ2v) is 4.85. The fourth-order valence-corrected chi connectivity index (χ4v) is 2.23. The molecule has 3 heteroatoms. The molecule has 0 spiro atoms. The maximum absolute atomic E-state index is 11.0. The van der Waals surface area contributed by atoms with Gasteiger partial charge in [-0.25, -0.2) is 9.78 Å². The van der Waals surface area contributed by atoms with E-state index < -0.39 is 5.97 Å². The van der Waals surface area contributed by atoms with Crippen LogP contribution in [0.1, 0.15) is 47.6 Å². The van der Waals surface area contributed by atoms with E-state index in [-0.39, 0.29) is 11.1 Å². The highest BCUT2D eigenvalue weighted by Crippen LogP contribution is 2.37. The summed E-state index contributed by atoms with van der Waals surface area (Å²) in [6.45, 7) is 6.04. The van der Waals surface area contributed by atoms with Crippen LogP contribution in [0.5, 0.6) is 0 Å². The number of hydrogen-bond donors (Lipinski definition) is 1. The van der Waals surface area contributed by atoms with Crippen molar-refractivity contribution in [3.8, 4) is 0 Å². The summed E-state index contributed by atoms with van der Waals surface area (Å²) in [6, 6.07) is 1.97. The Bertz CT molecular complexity index is 435. The first-order valence-corrected chi connectivity index (χ1v) is 5.16. The lowest BCUT2D eigenvalue weighted by Crippen LogP contribution is -2.16. The van der Waals surface area contributed by atoms with Crippen LogP contribution in [0.4, 0.5) is 0 Å². The minimum absolute atomic E-state index is 0.0211. The highest BCUT2D eigenvalue weighted by Gasteiger charge is 2.32. The number of hydrogen-bond acceptors (Lipinski definition) is 2. The lowest BCUT2D eigenvalue weighted by atomic mass is 9.90. The zero-order valence-corrected chi connectivity index (χ0v) is 9.29. The summed E-state index contributed by atoms with van der Waals surface area (Å²) in [5.41, 5.74) is 3.16. The van der Waals surface area contributed by atoms with E-state index in [2.05, 4.69) is 18.8 Å². The van der Waals surface area contributed by atoms with Gasteiger partial charge in [0.15, 0.2) is 5.69 Å². The standard InChI is InChI=1S/C12H15NO2/c1-7-6-8-4-5-12(2,3)10(8)13-9(7)11(14)15/h6H,4-5H2,1-3H3,(H,14,15). The van der Waals surface area contributed by atoms with E-state index >= 15 is 0 Å². The number of aromatic carboxylic acids is 1. The molecule has 0 amide bonds.